The molecule has 0 aliphatic heterocycles. The lowest BCUT2D eigenvalue weighted by Crippen LogP contribution is -2.28. The summed E-state index contributed by atoms with van der Waals surface area (Å²) in [5.74, 6) is 0.101. The van der Waals surface area contributed by atoms with E-state index in [0.29, 0.717) is 26.5 Å². The van der Waals surface area contributed by atoms with Crippen LogP contribution in [0.3, 0.4) is 0 Å². The molecule has 0 fully saturated rings. The molecule has 0 aliphatic rings. The van der Waals surface area contributed by atoms with Gasteiger partial charge < -0.3 is 9.72 Å². The van der Waals surface area contributed by atoms with E-state index in [1.165, 1.54) is 11.3 Å². The summed E-state index contributed by atoms with van der Waals surface area (Å²) in [6.45, 7) is 5.76. The summed E-state index contributed by atoms with van der Waals surface area (Å²) >= 11 is 1.20. The molecule has 0 saturated carbocycles. The number of hydrogen-bond acceptors (Lipinski definition) is 6. The average molecular weight is 448 g/mol. The maximum atomic E-state index is 12.9. The number of ether oxygens (including phenoxy) is 1. The van der Waals surface area contributed by atoms with Crippen LogP contribution in [-0.2, 0) is 4.74 Å². The highest BCUT2D eigenvalue weighted by atomic mass is 32.1. The molecule has 0 spiro atoms. The number of aromatic amines is 1. The Kier molecular flexibility index (Phi) is 6.48. The lowest BCUT2D eigenvalue weighted by molar-refractivity contribution is 0.0531. The van der Waals surface area contributed by atoms with Gasteiger partial charge in [-0.1, -0.05) is 60.7 Å². The van der Waals surface area contributed by atoms with Crippen molar-refractivity contribution in [3.63, 3.8) is 0 Å². The van der Waals surface area contributed by atoms with Crippen LogP contribution in [0, 0.1) is 6.92 Å². The zero-order chi connectivity index (χ0) is 22.7. The summed E-state index contributed by atoms with van der Waals surface area (Å²) < 4.78 is 5.13. The standard InChI is InChI=1S/C25H25N3O3S/c1-4-31-25(30)21-15(2)19-23(29)27-22(28-24(19)32-21)16(3)26-20(17-11-7-5-8-12-17)18-13-9-6-10-14-18/h5-14,16,20,26H,4H2,1-3H3,(H,27,28,29). The van der Waals surface area contributed by atoms with Crippen LogP contribution in [-0.4, -0.2) is 22.5 Å². The van der Waals surface area contributed by atoms with E-state index < -0.39 is 5.97 Å². The van der Waals surface area contributed by atoms with Gasteiger partial charge >= 0.3 is 5.97 Å². The van der Waals surface area contributed by atoms with Gasteiger partial charge in [0.05, 0.1) is 24.1 Å². The number of rotatable bonds is 7. The van der Waals surface area contributed by atoms with E-state index in [-0.39, 0.29) is 24.2 Å². The number of carbonyl (C=O) groups is 1. The molecule has 4 rings (SSSR count). The summed E-state index contributed by atoms with van der Waals surface area (Å²) in [5, 5.41) is 4.04. The molecule has 0 amide bonds. The summed E-state index contributed by atoms with van der Waals surface area (Å²) in [4.78, 5) is 33.7. The van der Waals surface area contributed by atoms with E-state index in [0.717, 1.165) is 11.1 Å². The molecule has 2 heterocycles. The molecule has 32 heavy (non-hydrogen) atoms. The Balaban J connectivity index is 1.70. The highest BCUT2D eigenvalue weighted by Gasteiger charge is 2.23. The maximum Gasteiger partial charge on any atom is 0.348 e. The van der Waals surface area contributed by atoms with E-state index in [9.17, 15) is 9.59 Å². The molecule has 0 bridgehead atoms. The molecule has 4 aromatic rings. The van der Waals surface area contributed by atoms with E-state index in [1.807, 2.05) is 43.3 Å². The number of hydrogen-bond donors (Lipinski definition) is 2. The number of benzene rings is 2. The quantitative estimate of drug-likeness (QED) is 0.393. The number of esters is 1. The minimum atomic E-state index is -0.423. The second-order valence-electron chi connectivity index (χ2n) is 7.55. The smallest absolute Gasteiger partial charge is 0.348 e. The Morgan fingerprint density at radius 1 is 1.09 bits per heavy atom. The fourth-order valence-corrected chi connectivity index (χ4v) is 4.84. The molecule has 0 saturated heterocycles. The second kappa shape index (κ2) is 9.46. The first kappa shape index (κ1) is 21.9. The van der Waals surface area contributed by atoms with Gasteiger partial charge in [-0.3, -0.25) is 10.1 Å². The molecule has 164 valence electrons. The first-order valence-corrected chi connectivity index (χ1v) is 11.4. The molecule has 2 N–H and O–H groups in total. The molecule has 1 atom stereocenters. The number of thiophene rings is 1. The number of aryl methyl sites for hydroxylation is 1. The van der Waals surface area contributed by atoms with Crippen LogP contribution in [0.25, 0.3) is 10.2 Å². The van der Waals surface area contributed by atoms with Gasteiger partial charge in [0.1, 0.15) is 15.5 Å². The molecular weight excluding hydrogens is 422 g/mol. The molecule has 6 nitrogen and oxygen atoms in total. The fourth-order valence-electron chi connectivity index (χ4n) is 3.76. The zero-order valence-electron chi connectivity index (χ0n) is 18.2. The summed E-state index contributed by atoms with van der Waals surface area (Å²) in [6, 6.07) is 20.0. The Labute approximate surface area is 190 Å². The lowest BCUT2D eigenvalue weighted by atomic mass is 9.98. The molecule has 1 unspecified atom stereocenters. The number of nitrogens with zero attached hydrogens (tertiary/aromatic N) is 1. The van der Waals surface area contributed by atoms with Crippen molar-refractivity contribution in [2.45, 2.75) is 32.9 Å². The van der Waals surface area contributed by atoms with Crippen molar-refractivity contribution in [2.24, 2.45) is 0 Å². The summed E-state index contributed by atoms with van der Waals surface area (Å²) in [5.41, 5.74) is 2.59. The number of fused-ring (bicyclic) bond motifs is 1. The van der Waals surface area contributed by atoms with Gasteiger partial charge in [0.15, 0.2) is 0 Å². The van der Waals surface area contributed by atoms with E-state index in [4.69, 9.17) is 9.72 Å². The van der Waals surface area contributed by atoms with Crippen LogP contribution in [0.1, 0.15) is 58.1 Å². The largest absolute Gasteiger partial charge is 0.462 e. The SMILES string of the molecule is CCOC(=O)c1sc2nc(C(C)NC(c3ccccc3)c3ccccc3)[nH]c(=O)c2c1C. The third kappa shape index (κ3) is 4.35. The Bertz CT molecular complexity index is 1240. The van der Waals surface area contributed by atoms with Crippen LogP contribution in [0.5, 0.6) is 0 Å². The van der Waals surface area contributed by atoms with Crippen molar-refractivity contribution in [1.82, 2.24) is 15.3 Å². The van der Waals surface area contributed by atoms with Gasteiger partial charge in [0.2, 0.25) is 0 Å². The van der Waals surface area contributed by atoms with Crippen LogP contribution < -0.4 is 10.9 Å². The van der Waals surface area contributed by atoms with Crippen molar-refractivity contribution in [2.75, 3.05) is 6.61 Å². The number of nitrogens with one attached hydrogen (secondary N) is 2. The van der Waals surface area contributed by atoms with Gasteiger partial charge in [0.25, 0.3) is 5.56 Å². The normalized spacial score (nSPS) is 12.2. The molecule has 7 heteroatoms. The van der Waals surface area contributed by atoms with E-state index in [1.54, 1.807) is 13.8 Å². The maximum absolute atomic E-state index is 12.9. The van der Waals surface area contributed by atoms with Crippen molar-refractivity contribution in [3.8, 4) is 0 Å². The monoisotopic (exact) mass is 447 g/mol. The Morgan fingerprint density at radius 3 is 2.25 bits per heavy atom. The molecular formula is C25H25N3O3S. The van der Waals surface area contributed by atoms with Crippen LogP contribution >= 0.6 is 11.3 Å². The number of carbonyl (C=O) groups excluding carboxylic acids is 1. The number of H-pyrrole nitrogens is 1. The molecule has 2 aromatic carbocycles. The van der Waals surface area contributed by atoms with Crippen molar-refractivity contribution >= 4 is 27.5 Å². The predicted molar refractivity (Wildman–Crippen MR) is 127 cm³/mol. The summed E-state index contributed by atoms with van der Waals surface area (Å²) in [6.07, 6.45) is 0. The third-order valence-electron chi connectivity index (χ3n) is 5.37. The first-order valence-electron chi connectivity index (χ1n) is 10.6. The zero-order valence-corrected chi connectivity index (χ0v) is 19.0. The minimum absolute atomic E-state index is 0.0754. The van der Waals surface area contributed by atoms with Crippen LogP contribution in [0.2, 0.25) is 0 Å². The average Bonchev–Trinajstić information content (AvgIpc) is 3.15. The van der Waals surface area contributed by atoms with E-state index >= 15 is 0 Å². The molecule has 0 radical (unpaired) electrons. The molecule has 0 aliphatic carbocycles. The van der Waals surface area contributed by atoms with Gasteiger partial charge in [-0.15, -0.1) is 11.3 Å². The highest BCUT2D eigenvalue weighted by molar-refractivity contribution is 7.20. The topological polar surface area (TPSA) is 84.1 Å². The van der Waals surface area contributed by atoms with Crippen LogP contribution in [0.15, 0.2) is 65.5 Å². The van der Waals surface area contributed by atoms with Gasteiger partial charge in [-0.2, -0.15) is 0 Å². The van der Waals surface area contributed by atoms with E-state index in [2.05, 4.69) is 34.6 Å². The van der Waals surface area contributed by atoms with Gasteiger partial charge in [-0.05, 0) is 37.5 Å². The summed E-state index contributed by atoms with van der Waals surface area (Å²) in [7, 11) is 0. The van der Waals surface area contributed by atoms with Crippen LogP contribution in [0.4, 0.5) is 0 Å². The minimum Gasteiger partial charge on any atom is -0.462 e. The van der Waals surface area contributed by atoms with Crippen molar-refractivity contribution in [3.05, 3.63) is 98.4 Å². The Hall–Kier alpha value is -3.29. The highest BCUT2D eigenvalue weighted by Crippen LogP contribution is 2.29. The third-order valence-corrected chi connectivity index (χ3v) is 6.54. The Morgan fingerprint density at radius 2 is 1.69 bits per heavy atom. The lowest BCUT2D eigenvalue weighted by Gasteiger charge is -2.24. The van der Waals surface area contributed by atoms with Crippen molar-refractivity contribution in [1.29, 1.82) is 0 Å². The second-order valence-corrected chi connectivity index (χ2v) is 8.55. The fraction of sp³-hybridized carbons (Fsp3) is 0.240. The number of aromatic nitrogens is 2. The molecule has 2 aromatic heterocycles. The first-order chi connectivity index (χ1) is 15.5. The van der Waals surface area contributed by atoms with Gasteiger partial charge in [0, 0.05) is 0 Å². The predicted octanol–water partition coefficient (Wildman–Crippen LogP) is 4.91. The van der Waals surface area contributed by atoms with Crippen molar-refractivity contribution < 1.29 is 9.53 Å². The van der Waals surface area contributed by atoms with Gasteiger partial charge in [-0.25, -0.2) is 9.78 Å².